The number of benzene rings is 1. The normalized spacial score (nSPS) is 23.3. The molecule has 0 aliphatic carbocycles. The zero-order chi connectivity index (χ0) is 12.3. The predicted octanol–water partition coefficient (Wildman–Crippen LogP) is 2.98. The highest BCUT2D eigenvalue weighted by Gasteiger charge is 2.37. The second-order valence-corrected chi connectivity index (χ2v) is 4.77. The lowest BCUT2D eigenvalue weighted by Crippen LogP contribution is -2.26. The number of carbonyl (C=O) groups is 1. The van der Waals surface area contributed by atoms with Crippen LogP contribution >= 0.6 is 0 Å². The summed E-state index contributed by atoms with van der Waals surface area (Å²) < 4.78 is 5.31. The molecule has 1 unspecified atom stereocenters. The van der Waals surface area contributed by atoms with E-state index in [0.717, 1.165) is 12.0 Å². The number of aryl methyl sites for hydroxylation is 1. The molecule has 17 heavy (non-hydrogen) atoms. The summed E-state index contributed by atoms with van der Waals surface area (Å²) in [5.74, 6) is 0. The Balaban J connectivity index is 2.09. The summed E-state index contributed by atoms with van der Waals surface area (Å²) in [6.07, 6.45) is 3.21. The van der Waals surface area contributed by atoms with Gasteiger partial charge in [0.25, 0.3) is 0 Å². The van der Waals surface area contributed by atoms with Gasteiger partial charge in [0.2, 0.25) is 0 Å². The molecule has 0 bridgehead atoms. The van der Waals surface area contributed by atoms with Crippen molar-refractivity contribution in [1.82, 2.24) is 5.32 Å². The van der Waals surface area contributed by atoms with Crippen LogP contribution in [0.4, 0.5) is 4.79 Å². The van der Waals surface area contributed by atoms with Gasteiger partial charge in [0.15, 0.2) is 5.60 Å². The van der Waals surface area contributed by atoms with Gasteiger partial charge in [0.1, 0.15) is 0 Å². The van der Waals surface area contributed by atoms with Crippen molar-refractivity contribution >= 4 is 6.09 Å². The summed E-state index contributed by atoms with van der Waals surface area (Å²) in [7, 11) is 0. The number of hydrogen-bond acceptors (Lipinski definition) is 2. The van der Waals surface area contributed by atoms with E-state index in [1.807, 2.05) is 6.92 Å². The van der Waals surface area contributed by atoms with Gasteiger partial charge in [-0.1, -0.05) is 37.6 Å². The molecular formula is C14H19NO2. The van der Waals surface area contributed by atoms with Gasteiger partial charge in [-0.15, -0.1) is 0 Å². The molecule has 0 aromatic heterocycles. The van der Waals surface area contributed by atoms with Crippen LogP contribution in [0, 0.1) is 0 Å². The first-order chi connectivity index (χ1) is 8.14. The third kappa shape index (κ3) is 2.60. The zero-order valence-electron chi connectivity index (χ0n) is 10.5. The number of nitrogens with one attached hydrogen (secondary N) is 1. The topological polar surface area (TPSA) is 38.3 Å². The lowest BCUT2D eigenvalue weighted by molar-refractivity contribution is 0.0704. The molecule has 1 heterocycles. The van der Waals surface area contributed by atoms with E-state index in [-0.39, 0.29) is 6.09 Å². The average Bonchev–Trinajstić information content (AvgIpc) is 2.68. The molecule has 1 aromatic carbocycles. The van der Waals surface area contributed by atoms with Gasteiger partial charge in [-0.3, -0.25) is 0 Å². The third-order valence-corrected chi connectivity index (χ3v) is 3.27. The van der Waals surface area contributed by atoms with E-state index < -0.39 is 5.60 Å². The molecule has 0 saturated carbocycles. The lowest BCUT2D eigenvalue weighted by atomic mass is 9.94. The van der Waals surface area contributed by atoms with Crippen molar-refractivity contribution in [3.05, 3.63) is 35.4 Å². The van der Waals surface area contributed by atoms with E-state index in [4.69, 9.17) is 4.74 Å². The van der Waals surface area contributed by atoms with Crippen molar-refractivity contribution in [1.29, 1.82) is 0 Å². The zero-order valence-corrected chi connectivity index (χ0v) is 10.5. The van der Waals surface area contributed by atoms with Crippen molar-refractivity contribution in [2.45, 2.75) is 38.7 Å². The number of carbonyl (C=O) groups excluding carboxylic acids is 1. The standard InChI is InChI=1S/C14H19NO2/c1-3-4-5-11-6-8-12(9-7-11)14(2)10-15-13(16)17-14/h6-9H,3-5,10H2,1-2H3,(H,15,16). The minimum atomic E-state index is -0.514. The number of amides is 1. The predicted molar refractivity (Wildman–Crippen MR) is 66.9 cm³/mol. The Hall–Kier alpha value is -1.51. The molecule has 1 fully saturated rings. The lowest BCUT2D eigenvalue weighted by Gasteiger charge is -2.21. The molecule has 1 aliphatic heterocycles. The van der Waals surface area contributed by atoms with Gasteiger partial charge >= 0.3 is 6.09 Å². The fraction of sp³-hybridized carbons (Fsp3) is 0.500. The van der Waals surface area contributed by atoms with E-state index in [1.165, 1.54) is 18.4 Å². The maximum Gasteiger partial charge on any atom is 0.408 e. The summed E-state index contributed by atoms with van der Waals surface area (Å²) >= 11 is 0. The number of hydrogen-bond donors (Lipinski definition) is 1. The largest absolute Gasteiger partial charge is 0.436 e. The number of ether oxygens (including phenoxy) is 1. The van der Waals surface area contributed by atoms with Crippen molar-refractivity contribution < 1.29 is 9.53 Å². The van der Waals surface area contributed by atoms with Crippen LogP contribution in [0.3, 0.4) is 0 Å². The Labute approximate surface area is 102 Å². The Morgan fingerprint density at radius 1 is 1.35 bits per heavy atom. The van der Waals surface area contributed by atoms with E-state index in [1.54, 1.807) is 0 Å². The number of rotatable bonds is 4. The van der Waals surface area contributed by atoms with Crippen molar-refractivity contribution in [2.24, 2.45) is 0 Å². The highest BCUT2D eigenvalue weighted by atomic mass is 16.6. The summed E-state index contributed by atoms with van der Waals surface area (Å²) in [6, 6.07) is 8.38. The molecule has 3 nitrogen and oxygen atoms in total. The van der Waals surface area contributed by atoms with Crippen LogP contribution in [0.1, 0.15) is 37.8 Å². The van der Waals surface area contributed by atoms with Gasteiger partial charge in [0.05, 0.1) is 6.54 Å². The highest BCUT2D eigenvalue weighted by molar-refractivity contribution is 5.70. The average molecular weight is 233 g/mol. The number of cyclic esters (lactones) is 1. The van der Waals surface area contributed by atoms with Crippen LogP contribution < -0.4 is 5.32 Å². The second kappa shape index (κ2) is 4.78. The number of alkyl carbamates (subject to hydrolysis) is 1. The maximum absolute atomic E-state index is 11.1. The Bertz CT molecular complexity index is 399. The monoisotopic (exact) mass is 233 g/mol. The van der Waals surface area contributed by atoms with Crippen LogP contribution in [0.5, 0.6) is 0 Å². The van der Waals surface area contributed by atoms with Crippen LogP contribution in [0.25, 0.3) is 0 Å². The van der Waals surface area contributed by atoms with Crippen LogP contribution in [0.2, 0.25) is 0 Å². The van der Waals surface area contributed by atoms with Crippen LogP contribution in [-0.2, 0) is 16.8 Å². The van der Waals surface area contributed by atoms with Gasteiger partial charge in [0, 0.05) is 0 Å². The minimum Gasteiger partial charge on any atom is -0.436 e. The molecule has 3 heteroatoms. The Kier molecular flexibility index (Phi) is 3.36. The second-order valence-electron chi connectivity index (χ2n) is 4.77. The van der Waals surface area contributed by atoms with E-state index >= 15 is 0 Å². The van der Waals surface area contributed by atoms with Gasteiger partial charge < -0.3 is 10.1 Å². The van der Waals surface area contributed by atoms with Gasteiger partial charge in [-0.25, -0.2) is 4.79 Å². The summed E-state index contributed by atoms with van der Waals surface area (Å²) in [5.41, 5.74) is 1.88. The van der Waals surface area contributed by atoms with Gasteiger partial charge in [-0.2, -0.15) is 0 Å². The fourth-order valence-electron chi connectivity index (χ4n) is 2.08. The smallest absolute Gasteiger partial charge is 0.408 e. The van der Waals surface area contributed by atoms with E-state index in [0.29, 0.717) is 6.54 Å². The van der Waals surface area contributed by atoms with E-state index in [9.17, 15) is 4.79 Å². The Morgan fingerprint density at radius 2 is 2.06 bits per heavy atom. The highest BCUT2D eigenvalue weighted by Crippen LogP contribution is 2.28. The molecular weight excluding hydrogens is 214 g/mol. The molecule has 1 saturated heterocycles. The van der Waals surface area contributed by atoms with Crippen LogP contribution in [0.15, 0.2) is 24.3 Å². The maximum atomic E-state index is 11.1. The molecule has 1 aliphatic rings. The molecule has 1 N–H and O–H groups in total. The summed E-state index contributed by atoms with van der Waals surface area (Å²) in [5, 5.41) is 2.70. The molecule has 1 atom stereocenters. The molecule has 92 valence electrons. The molecule has 0 spiro atoms. The summed E-state index contributed by atoms with van der Waals surface area (Å²) in [4.78, 5) is 11.1. The quantitative estimate of drug-likeness (QED) is 0.868. The molecule has 1 aromatic rings. The first-order valence-corrected chi connectivity index (χ1v) is 6.20. The SMILES string of the molecule is CCCCc1ccc(C2(C)CNC(=O)O2)cc1. The van der Waals surface area contributed by atoms with E-state index in [2.05, 4.69) is 36.5 Å². The van der Waals surface area contributed by atoms with Crippen molar-refractivity contribution in [3.8, 4) is 0 Å². The first kappa shape index (κ1) is 12.0. The molecule has 2 rings (SSSR count). The van der Waals surface area contributed by atoms with Crippen molar-refractivity contribution in [3.63, 3.8) is 0 Å². The van der Waals surface area contributed by atoms with Gasteiger partial charge in [-0.05, 0) is 30.9 Å². The fourth-order valence-corrected chi connectivity index (χ4v) is 2.08. The summed E-state index contributed by atoms with van der Waals surface area (Å²) in [6.45, 7) is 4.67. The molecule has 1 amide bonds. The third-order valence-electron chi connectivity index (χ3n) is 3.27. The number of unbranched alkanes of at least 4 members (excludes halogenated alkanes) is 1. The van der Waals surface area contributed by atoms with Crippen LogP contribution in [-0.4, -0.2) is 12.6 Å². The van der Waals surface area contributed by atoms with Crippen molar-refractivity contribution in [2.75, 3.05) is 6.54 Å². The first-order valence-electron chi connectivity index (χ1n) is 6.20. The molecule has 0 radical (unpaired) electrons. The minimum absolute atomic E-state index is 0.331. The Morgan fingerprint density at radius 3 is 2.59 bits per heavy atom.